The number of nitrogens with zero attached hydrogens (tertiary/aromatic N) is 2. The number of aliphatic hydroxyl groups is 1. The number of hydrogen-bond acceptors (Lipinski definition) is 4. The number of likely N-dealkylation sites (N-methyl/N-ethyl adjacent to an activating group) is 1. The minimum absolute atomic E-state index is 0.193. The lowest BCUT2D eigenvalue weighted by molar-refractivity contribution is 0.211. The average Bonchev–Trinajstić information content (AvgIpc) is 2.99. The summed E-state index contributed by atoms with van der Waals surface area (Å²) in [5.74, 6) is 0.623. The number of thiazole rings is 1. The molecule has 3 rings (SSSR count). The second-order valence-corrected chi connectivity index (χ2v) is 7.05. The molecule has 1 aliphatic carbocycles. The molecule has 1 aromatic rings. The Kier molecular flexibility index (Phi) is 3.43. The highest BCUT2D eigenvalue weighted by Crippen LogP contribution is 2.48. The lowest BCUT2D eigenvalue weighted by Crippen LogP contribution is -2.30. The third kappa shape index (κ3) is 2.60. The van der Waals surface area contributed by atoms with Crippen LogP contribution in [0.2, 0.25) is 0 Å². The van der Waals surface area contributed by atoms with Crippen LogP contribution in [-0.4, -0.2) is 41.7 Å². The van der Waals surface area contributed by atoms with Crippen LogP contribution in [0.3, 0.4) is 0 Å². The van der Waals surface area contributed by atoms with E-state index in [0.717, 1.165) is 13.0 Å². The van der Waals surface area contributed by atoms with Crippen LogP contribution in [-0.2, 0) is 6.42 Å². The molecular weight excluding hydrogens is 244 g/mol. The van der Waals surface area contributed by atoms with E-state index >= 15 is 0 Å². The van der Waals surface area contributed by atoms with Crippen molar-refractivity contribution in [1.82, 2.24) is 9.88 Å². The molecule has 0 amide bonds. The zero-order valence-corrected chi connectivity index (χ0v) is 11.9. The molecule has 2 heterocycles. The van der Waals surface area contributed by atoms with Crippen molar-refractivity contribution in [3.63, 3.8) is 0 Å². The van der Waals surface area contributed by atoms with Crippen molar-refractivity contribution in [3.05, 3.63) is 16.1 Å². The van der Waals surface area contributed by atoms with Crippen LogP contribution < -0.4 is 0 Å². The Morgan fingerprint density at radius 3 is 3.06 bits per heavy atom. The first-order valence-electron chi connectivity index (χ1n) is 6.94. The summed E-state index contributed by atoms with van der Waals surface area (Å²) in [6.45, 7) is 2.70. The predicted molar refractivity (Wildman–Crippen MR) is 74.0 cm³/mol. The van der Waals surface area contributed by atoms with Gasteiger partial charge in [0.1, 0.15) is 0 Å². The van der Waals surface area contributed by atoms with Gasteiger partial charge >= 0.3 is 0 Å². The molecule has 0 spiro atoms. The van der Waals surface area contributed by atoms with E-state index in [4.69, 9.17) is 4.98 Å². The van der Waals surface area contributed by atoms with E-state index in [-0.39, 0.29) is 5.41 Å². The van der Waals surface area contributed by atoms with Gasteiger partial charge in [0.05, 0.1) is 10.7 Å². The molecule has 0 radical (unpaired) electrons. The van der Waals surface area contributed by atoms with Crippen LogP contribution >= 0.6 is 11.3 Å². The molecule has 2 aliphatic rings. The fourth-order valence-electron chi connectivity index (χ4n) is 2.89. The Bertz CT molecular complexity index is 414. The molecule has 1 atom stereocenters. The van der Waals surface area contributed by atoms with Gasteiger partial charge in [-0.25, -0.2) is 4.98 Å². The molecule has 1 saturated carbocycles. The highest BCUT2D eigenvalue weighted by molar-refractivity contribution is 7.09. The van der Waals surface area contributed by atoms with Crippen molar-refractivity contribution in [1.29, 1.82) is 0 Å². The molecule has 100 valence electrons. The number of piperidine rings is 1. The molecule has 3 nitrogen and oxygen atoms in total. The summed E-state index contributed by atoms with van der Waals surface area (Å²) in [6, 6.07) is 0. The van der Waals surface area contributed by atoms with Crippen molar-refractivity contribution in [3.8, 4) is 0 Å². The first-order chi connectivity index (χ1) is 8.71. The van der Waals surface area contributed by atoms with Crippen molar-refractivity contribution >= 4 is 11.3 Å². The summed E-state index contributed by atoms with van der Waals surface area (Å²) >= 11 is 1.79. The van der Waals surface area contributed by atoms with Crippen molar-refractivity contribution in [2.45, 2.75) is 38.0 Å². The second kappa shape index (κ2) is 4.91. The van der Waals surface area contributed by atoms with Crippen molar-refractivity contribution < 1.29 is 5.11 Å². The maximum Gasteiger partial charge on any atom is 0.0934 e. The number of hydrogen-bond donors (Lipinski definition) is 1. The van der Waals surface area contributed by atoms with Gasteiger partial charge < -0.3 is 10.0 Å². The Labute approximate surface area is 113 Å². The topological polar surface area (TPSA) is 36.4 Å². The molecule has 1 saturated heterocycles. The largest absolute Gasteiger partial charge is 0.396 e. The van der Waals surface area contributed by atoms with Crippen molar-refractivity contribution in [2.75, 3.05) is 26.7 Å². The molecule has 0 bridgehead atoms. The SMILES string of the molecule is CN1CCCC(c2csc(CC3(CO)CC3)n2)C1. The molecular formula is C14H22N2OS. The Morgan fingerprint density at radius 2 is 2.39 bits per heavy atom. The van der Waals surface area contributed by atoms with Gasteiger partial charge in [-0.2, -0.15) is 0 Å². The smallest absolute Gasteiger partial charge is 0.0934 e. The fraction of sp³-hybridized carbons (Fsp3) is 0.786. The molecule has 4 heteroatoms. The van der Waals surface area contributed by atoms with E-state index in [0.29, 0.717) is 12.5 Å². The zero-order chi connectivity index (χ0) is 12.6. The van der Waals surface area contributed by atoms with E-state index in [1.54, 1.807) is 11.3 Å². The standard InChI is InChI=1S/C14H22N2OS/c1-16-6-2-3-11(8-16)12-9-18-13(15-12)7-14(10-17)4-5-14/h9,11,17H,2-8,10H2,1H3. The highest BCUT2D eigenvalue weighted by atomic mass is 32.1. The summed E-state index contributed by atoms with van der Waals surface area (Å²) < 4.78 is 0. The summed E-state index contributed by atoms with van der Waals surface area (Å²) in [4.78, 5) is 7.23. The molecule has 1 N–H and O–H groups in total. The van der Waals surface area contributed by atoms with E-state index in [1.165, 1.54) is 42.9 Å². The monoisotopic (exact) mass is 266 g/mol. The van der Waals surface area contributed by atoms with E-state index < -0.39 is 0 Å². The molecule has 1 aliphatic heterocycles. The third-order valence-electron chi connectivity index (χ3n) is 4.43. The zero-order valence-electron chi connectivity index (χ0n) is 11.1. The number of rotatable bonds is 4. The van der Waals surface area contributed by atoms with Gasteiger partial charge in [-0.1, -0.05) is 0 Å². The van der Waals surface area contributed by atoms with Gasteiger partial charge in [0.25, 0.3) is 0 Å². The van der Waals surface area contributed by atoms with Crippen molar-refractivity contribution in [2.24, 2.45) is 5.41 Å². The maximum absolute atomic E-state index is 9.38. The van der Waals surface area contributed by atoms with E-state index in [1.807, 2.05) is 0 Å². The Balaban J connectivity index is 1.65. The number of likely N-dealkylation sites (tertiary alicyclic amines) is 1. The quantitative estimate of drug-likeness (QED) is 0.908. The predicted octanol–water partition coefficient (Wildman–Crippen LogP) is 2.27. The molecule has 1 unspecified atom stereocenters. The Morgan fingerprint density at radius 1 is 1.56 bits per heavy atom. The van der Waals surface area contributed by atoms with Gasteiger partial charge in [0.15, 0.2) is 0 Å². The van der Waals surface area contributed by atoms with Crippen LogP contribution in [0.25, 0.3) is 0 Å². The highest BCUT2D eigenvalue weighted by Gasteiger charge is 2.42. The minimum Gasteiger partial charge on any atom is -0.396 e. The minimum atomic E-state index is 0.193. The van der Waals surface area contributed by atoms with Gasteiger partial charge in [0.2, 0.25) is 0 Å². The van der Waals surface area contributed by atoms with Crippen LogP contribution in [0.4, 0.5) is 0 Å². The van der Waals surface area contributed by atoms with Gasteiger partial charge in [-0.15, -0.1) is 11.3 Å². The van der Waals surface area contributed by atoms with Gasteiger partial charge in [-0.3, -0.25) is 0 Å². The lowest BCUT2D eigenvalue weighted by atomic mass is 9.96. The summed E-state index contributed by atoms with van der Waals surface area (Å²) in [6.07, 6.45) is 5.89. The van der Waals surface area contributed by atoms with Crippen LogP contribution in [0.1, 0.15) is 42.3 Å². The third-order valence-corrected chi connectivity index (χ3v) is 5.30. The van der Waals surface area contributed by atoms with Crippen LogP contribution in [0, 0.1) is 5.41 Å². The number of aromatic nitrogens is 1. The normalized spacial score (nSPS) is 27.3. The second-order valence-electron chi connectivity index (χ2n) is 6.10. The van der Waals surface area contributed by atoms with Gasteiger partial charge in [0, 0.05) is 30.9 Å². The van der Waals surface area contributed by atoms with Crippen LogP contribution in [0.5, 0.6) is 0 Å². The number of aliphatic hydroxyl groups excluding tert-OH is 1. The Hall–Kier alpha value is -0.450. The first-order valence-corrected chi connectivity index (χ1v) is 7.82. The first kappa shape index (κ1) is 12.6. The fourth-order valence-corrected chi connectivity index (χ4v) is 3.94. The van der Waals surface area contributed by atoms with E-state index in [2.05, 4.69) is 17.3 Å². The molecule has 18 heavy (non-hydrogen) atoms. The summed E-state index contributed by atoms with van der Waals surface area (Å²) in [7, 11) is 2.20. The molecule has 1 aromatic heterocycles. The lowest BCUT2D eigenvalue weighted by Gasteiger charge is -2.28. The molecule has 0 aromatic carbocycles. The maximum atomic E-state index is 9.38. The molecule has 2 fully saturated rings. The van der Waals surface area contributed by atoms with E-state index in [9.17, 15) is 5.11 Å². The average molecular weight is 266 g/mol. The van der Waals surface area contributed by atoms with Crippen LogP contribution in [0.15, 0.2) is 5.38 Å². The summed E-state index contributed by atoms with van der Waals surface area (Å²) in [5.41, 5.74) is 1.48. The summed E-state index contributed by atoms with van der Waals surface area (Å²) in [5, 5.41) is 12.8. The van der Waals surface area contributed by atoms with Gasteiger partial charge in [-0.05, 0) is 44.7 Å².